The standard InChI is InChI=1S/C13H31N2Si2/c1-12(2)17(7,13(3,4)5)14-16(6)15-10-8-9-11-15/h12,14H,8-11H2,1-7H3. The molecule has 2 nitrogen and oxygen atoms in total. The van der Waals surface area contributed by atoms with Crippen molar-refractivity contribution in [3.05, 3.63) is 0 Å². The van der Waals surface area contributed by atoms with Gasteiger partial charge in [-0.3, -0.25) is 0 Å². The molecule has 1 radical (unpaired) electrons. The molecule has 0 aromatic heterocycles. The minimum Gasteiger partial charge on any atom is -0.347 e. The van der Waals surface area contributed by atoms with Gasteiger partial charge in [-0.25, -0.2) is 0 Å². The van der Waals surface area contributed by atoms with Crippen LogP contribution in [0.1, 0.15) is 47.5 Å². The highest BCUT2D eigenvalue weighted by molar-refractivity contribution is 6.87. The first-order valence-corrected chi connectivity index (χ1v) is 11.6. The maximum absolute atomic E-state index is 4.14. The van der Waals surface area contributed by atoms with Crippen molar-refractivity contribution in [2.75, 3.05) is 13.1 Å². The van der Waals surface area contributed by atoms with Crippen LogP contribution < -0.4 is 4.65 Å². The molecule has 0 aromatic carbocycles. The molecule has 0 amide bonds. The summed E-state index contributed by atoms with van der Waals surface area (Å²) in [5, 5.41) is 0.437. The van der Waals surface area contributed by atoms with E-state index in [0.717, 1.165) is 5.54 Å². The van der Waals surface area contributed by atoms with Crippen LogP contribution in [0.4, 0.5) is 0 Å². The predicted molar refractivity (Wildman–Crippen MR) is 82.0 cm³/mol. The van der Waals surface area contributed by atoms with E-state index in [-0.39, 0.29) is 0 Å². The van der Waals surface area contributed by atoms with E-state index in [9.17, 15) is 0 Å². The van der Waals surface area contributed by atoms with Gasteiger partial charge in [-0.2, -0.15) is 0 Å². The molecule has 0 bridgehead atoms. The van der Waals surface area contributed by atoms with Gasteiger partial charge in [0.25, 0.3) is 0 Å². The fraction of sp³-hybridized carbons (Fsp3) is 1.00. The van der Waals surface area contributed by atoms with Crippen LogP contribution in [0.15, 0.2) is 0 Å². The lowest BCUT2D eigenvalue weighted by atomic mass is 10.2. The van der Waals surface area contributed by atoms with Crippen LogP contribution in [0.3, 0.4) is 0 Å². The van der Waals surface area contributed by atoms with Crippen molar-refractivity contribution >= 4 is 17.4 Å². The van der Waals surface area contributed by atoms with Crippen molar-refractivity contribution in [1.29, 1.82) is 0 Å². The second-order valence-electron chi connectivity index (χ2n) is 7.01. The highest BCUT2D eigenvalue weighted by Crippen LogP contribution is 2.41. The van der Waals surface area contributed by atoms with E-state index >= 15 is 0 Å². The number of nitrogens with one attached hydrogen (secondary N) is 1. The molecule has 1 heterocycles. The van der Waals surface area contributed by atoms with Gasteiger partial charge < -0.3 is 9.21 Å². The van der Waals surface area contributed by atoms with Crippen LogP contribution >= 0.6 is 0 Å². The predicted octanol–water partition coefficient (Wildman–Crippen LogP) is 3.58. The summed E-state index contributed by atoms with van der Waals surface area (Å²) >= 11 is 0. The Balaban J connectivity index is 2.73. The van der Waals surface area contributed by atoms with Crippen molar-refractivity contribution in [3.63, 3.8) is 0 Å². The highest BCUT2D eigenvalue weighted by Gasteiger charge is 2.44. The van der Waals surface area contributed by atoms with Gasteiger partial charge in [0.2, 0.25) is 9.12 Å². The largest absolute Gasteiger partial charge is 0.347 e. The monoisotopic (exact) mass is 271 g/mol. The Morgan fingerprint density at radius 3 is 2.00 bits per heavy atom. The van der Waals surface area contributed by atoms with E-state index < -0.39 is 17.4 Å². The molecule has 1 fully saturated rings. The molecule has 1 aliphatic heterocycles. The van der Waals surface area contributed by atoms with Crippen molar-refractivity contribution < 1.29 is 0 Å². The van der Waals surface area contributed by atoms with E-state index in [1.165, 1.54) is 25.9 Å². The summed E-state index contributed by atoms with van der Waals surface area (Å²) < 4.78 is 6.85. The first kappa shape index (κ1) is 15.4. The van der Waals surface area contributed by atoms with Crippen molar-refractivity contribution in [2.45, 2.75) is 71.1 Å². The normalized spacial score (nSPS) is 22.4. The van der Waals surface area contributed by atoms with Crippen LogP contribution in [-0.2, 0) is 0 Å². The zero-order chi connectivity index (χ0) is 13.3. The Hall–Kier alpha value is 0.354. The van der Waals surface area contributed by atoms with Gasteiger partial charge in [-0.1, -0.05) is 41.2 Å². The fourth-order valence-corrected chi connectivity index (χ4v) is 11.7. The summed E-state index contributed by atoms with van der Waals surface area (Å²) in [7, 11) is -1.91. The van der Waals surface area contributed by atoms with Gasteiger partial charge in [-0.15, -0.1) is 0 Å². The number of hydrogen-bond donors (Lipinski definition) is 1. The van der Waals surface area contributed by atoms with Crippen molar-refractivity contribution in [1.82, 2.24) is 9.21 Å². The molecule has 1 aliphatic rings. The van der Waals surface area contributed by atoms with Gasteiger partial charge in [0, 0.05) is 0 Å². The Morgan fingerprint density at radius 2 is 1.65 bits per heavy atom. The van der Waals surface area contributed by atoms with Crippen LogP contribution in [0, 0.1) is 0 Å². The maximum atomic E-state index is 4.14. The fourth-order valence-electron chi connectivity index (χ4n) is 2.71. The van der Waals surface area contributed by atoms with Crippen LogP contribution in [0.5, 0.6) is 0 Å². The topological polar surface area (TPSA) is 15.3 Å². The summed E-state index contributed by atoms with van der Waals surface area (Å²) in [6, 6.07) is 0. The number of hydrogen-bond acceptors (Lipinski definition) is 2. The Kier molecular flexibility index (Phi) is 5.03. The Labute approximate surface area is 111 Å². The van der Waals surface area contributed by atoms with Gasteiger partial charge in [-0.05, 0) is 43.1 Å². The molecule has 0 aromatic rings. The molecule has 4 heteroatoms. The van der Waals surface area contributed by atoms with Gasteiger partial charge >= 0.3 is 0 Å². The molecular weight excluding hydrogens is 240 g/mol. The molecule has 101 valence electrons. The molecule has 1 atom stereocenters. The Morgan fingerprint density at radius 1 is 1.18 bits per heavy atom. The summed E-state index contributed by atoms with van der Waals surface area (Å²) in [6.45, 7) is 19.7. The van der Waals surface area contributed by atoms with E-state index in [1.807, 2.05) is 0 Å². The molecule has 1 unspecified atom stereocenters. The highest BCUT2D eigenvalue weighted by atomic mass is 28.4. The third-order valence-corrected chi connectivity index (χ3v) is 15.1. The molecule has 1 rings (SSSR count). The second kappa shape index (κ2) is 5.55. The molecule has 0 spiro atoms. The van der Waals surface area contributed by atoms with Crippen LogP contribution in [0.2, 0.25) is 23.7 Å². The summed E-state index contributed by atoms with van der Waals surface area (Å²) in [4.78, 5) is 0. The van der Waals surface area contributed by atoms with Gasteiger partial charge in [0.1, 0.15) is 8.24 Å². The molecule has 1 saturated heterocycles. The third-order valence-electron chi connectivity index (χ3n) is 4.73. The second-order valence-corrected chi connectivity index (χ2v) is 14.9. The number of rotatable bonds is 4. The average molecular weight is 272 g/mol. The Bertz CT molecular complexity index is 244. The molecular formula is C13H31N2Si2. The van der Waals surface area contributed by atoms with Gasteiger partial charge in [0.05, 0.1) is 0 Å². The quantitative estimate of drug-likeness (QED) is 0.786. The smallest absolute Gasteiger partial charge is 0.216 e. The first-order valence-electron chi connectivity index (χ1n) is 7.05. The maximum Gasteiger partial charge on any atom is 0.216 e. The molecule has 1 N–H and O–H groups in total. The van der Waals surface area contributed by atoms with E-state index in [1.54, 1.807) is 0 Å². The molecule has 0 saturated carbocycles. The molecule has 0 aliphatic carbocycles. The summed E-state index contributed by atoms with van der Waals surface area (Å²) in [5.41, 5.74) is 0.796. The lowest BCUT2D eigenvalue weighted by Gasteiger charge is -2.46. The van der Waals surface area contributed by atoms with Crippen LogP contribution in [0.25, 0.3) is 0 Å². The lowest BCUT2D eigenvalue weighted by Crippen LogP contribution is -2.65. The zero-order valence-corrected chi connectivity index (χ0v) is 14.9. The SMILES string of the molecule is CC(C)[Si](C)(N[Si](C)N1CCCC1)C(C)(C)C. The summed E-state index contributed by atoms with van der Waals surface area (Å²) in [6.07, 6.45) is 2.80. The van der Waals surface area contributed by atoms with E-state index in [2.05, 4.69) is 56.9 Å². The average Bonchev–Trinajstić information content (AvgIpc) is 2.67. The van der Waals surface area contributed by atoms with E-state index in [0.29, 0.717) is 5.04 Å². The number of nitrogens with zero attached hydrogens (tertiary/aromatic N) is 1. The first-order chi connectivity index (χ1) is 7.68. The van der Waals surface area contributed by atoms with Crippen molar-refractivity contribution in [2.24, 2.45) is 0 Å². The van der Waals surface area contributed by atoms with Crippen LogP contribution in [-0.4, -0.2) is 35.0 Å². The zero-order valence-electron chi connectivity index (χ0n) is 12.9. The lowest BCUT2D eigenvalue weighted by molar-refractivity contribution is 0.528. The summed E-state index contributed by atoms with van der Waals surface area (Å²) in [5.74, 6) is 0. The minimum atomic E-state index is -1.41. The van der Waals surface area contributed by atoms with E-state index in [4.69, 9.17) is 0 Å². The molecule has 17 heavy (non-hydrogen) atoms. The van der Waals surface area contributed by atoms with Crippen molar-refractivity contribution in [3.8, 4) is 0 Å². The van der Waals surface area contributed by atoms with Gasteiger partial charge in [0.15, 0.2) is 0 Å². The minimum absolute atomic E-state index is 0.437. The third kappa shape index (κ3) is 3.43.